The molecule has 0 amide bonds. The molecule has 26 heavy (non-hydrogen) atoms. The number of ether oxygens (including phenoxy) is 1. The van der Waals surface area contributed by atoms with Gasteiger partial charge in [-0.2, -0.15) is 0 Å². The van der Waals surface area contributed by atoms with Crippen molar-refractivity contribution in [1.29, 1.82) is 0 Å². The van der Waals surface area contributed by atoms with Crippen molar-refractivity contribution in [1.82, 2.24) is 19.5 Å². The molecule has 0 aliphatic carbocycles. The fourth-order valence-corrected chi connectivity index (χ4v) is 3.73. The molecule has 2 aromatic carbocycles. The molecule has 5 nitrogen and oxygen atoms in total. The summed E-state index contributed by atoms with van der Waals surface area (Å²) in [5.74, 6) is 0.788. The highest BCUT2D eigenvalue weighted by Gasteiger charge is 2.23. The number of hydrogen-bond donors (Lipinski definition) is 0. The Kier molecular flexibility index (Phi) is 3.84. The summed E-state index contributed by atoms with van der Waals surface area (Å²) in [6.07, 6.45) is 2.30. The van der Waals surface area contributed by atoms with E-state index in [1.807, 2.05) is 48.5 Å². The molecule has 1 aliphatic rings. The van der Waals surface area contributed by atoms with Gasteiger partial charge in [-0.25, -0.2) is 15.0 Å². The van der Waals surface area contributed by atoms with Crippen LogP contribution < -0.4 is 0 Å². The number of imidazole rings is 1. The number of fused-ring (bicyclic) bond motifs is 2. The number of halogens is 1. The van der Waals surface area contributed by atoms with Crippen LogP contribution in [0.15, 0.2) is 48.5 Å². The highest BCUT2D eigenvalue weighted by Crippen LogP contribution is 2.31. The Labute approximate surface area is 155 Å². The third-order valence-corrected chi connectivity index (χ3v) is 5.11. The fraction of sp³-hybridized carbons (Fsp3) is 0.250. The van der Waals surface area contributed by atoms with Crippen LogP contribution in [0.5, 0.6) is 0 Å². The minimum atomic E-state index is 0.168. The second-order valence-electron chi connectivity index (χ2n) is 6.52. The first-order valence-corrected chi connectivity index (χ1v) is 9.17. The summed E-state index contributed by atoms with van der Waals surface area (Å²) in [5, 5.41) is 0.668. The molecule has 1 fully saturated rings. The third kappa shape index (κ3) is 2.64. The van der Waals surface area contributed by atoms with E-state index in [4.69, 9.17) is 31.3 Å². The number of nitrogens with zero attached hydrogens (tertiary/aromatic N) is 4. The summed E-state index contributed by atoms with van der Waals surface area (Å²) in [7, 11) is 0. The summed E-state index contributed by atoms with van der Waals surface area (Å²) in [6, 6.07) is 15.6. The molecule has 0 unspecified atom stereocenters. The summed E-state index contributed by atoms with van der Waals surface area (Å²) in [5.41, 5.74) is 3.99. The van der Waals surface area contributed by atoms with Crippen molar-refractivity contribution >= 4 is 33.9 Å². The van der Waals surface area contributed by atoms with Crippen LogP contribution in [0.3, 0.4) is 0 Å². The number of hydrogen-bond acceptors (Lipinski definition) is 4. The van der Waals surface area contributed by atoms with Gasteiger partial charge < -0.3 is 9.30 Å². The van der Waals surface area contributed by atoms with Crippen LogP contribution in [0.1, 0.15) is 12.8 Å². The number of para-hydroxylation sites is 2. The molecule has 130 valence electrons. The Hall–Kier alpha value is -2.50. The normalized spacial score (nSPS) is 17.3. The van der Waals surface area contributed by atoms with Crippen LogP contribution in [0.4, 0.5) is 0 Å². The van der Waals surface area contributed by atoms with E-state index in [9.17, 15) is 0 Å². The number of benzene rings is 2. The molecular weight excluding hydrogens is 348 g/mol. The molecule has 0 bridgehead atoms. The van der Waals surface area contributed by atoms with E-state index < -0.39 is 0 Å². The van der Waals surface area contributed by atoms with Crippen LogP contribution in [-0.4, -0.2) is 32.2 Å². The van der Waals surface area contributed by atoms with Gasteiger partial charge in [-0.15, -0.1) is 0 Å². The molecule has 4 aromatic rings. The van der Waals surface area contributed by atoms with E-state index in [-0.39, 0.29) is 6.10 Å². The second kappa shape index (κ2) is 6.34. The van der Waals surface area contributed by atoms with Crippen molar-refractivity contribution in [3.8, 4) is 11.4 Å². The Morgan fingerprint density at radius 1 is 1.00 bits per heavy atom. The maximum atomic E-state index is 6.45. The fourth-order valence-electron chi connectivity index (χ4n) is 3.51. The molecule has 1 atom stereocenters. The van der Waals surface area contributed by atoms with E-state index in [2.05, 4.69) is 4.57 Å². The molecule has 2 aromatic heterocycles. The quantitative estimate of drug-likeness (QED) is 0.538. The highest BCUT2D eigenvalue weighted by atomic mass is 35.5. The predicted octanol–water partition coefficient (Wildman–Crippen LogP) is 4.48. The first kappa shape index (κ1) is 15.7. The zero-order valence-corrected chi connectivity index (χ0v) is 14.9. The minimum absolute atomic E-state index is 0.168. The minimum Gasteiger partial charge on any atom is -0.376 e. The largest absolute Gasteiger partial charge is 0.376 e. The van der Waals surface area contributed by atoms with Gasteiger partial charge in [0, 0.05) is 12.2 Å². The lowest BCUT2D eigenvalue weighted by molar-refractivity contribution is 0.0981. The van der Waals surface area contributed by atoms with Crippen LogP contribution in [0.25, 0.3) is 33.7 Å². The molecule has 1 saturated heterocycles. The van der Waals surface area contributed by atoms with Crippen molar-refractivity contribution in [2.24, 2.45) is 0 Å². The Morgan fingerprint density at radius 2 is 1.77 bits per heavy atom. The van der Waals surface area contributed by atoms with Crippen molar-refractivity contribution in [2.75, 3.05) is 6.61 Å². The summed E-state index contributed by atoms with van der Waals surface area (Å²) in [4.78, 5) is 14.3. The molecule has 5 rings (SSSR count). The molecule has 3 heterocycles. The van der Waals surface area contributed by atoms with E-state index in [1.54, 1.807) is 0 Å². The van der Waals surface area contributed by atoms with E-state index in [1.165, 1.54) is 0 Å². The lowest BCUT2D eigenvalue weighted by Crippen LogP contribution is -2.16. The summed E-state index contributed by atoms with van der Waals surface area (Å²) in [6.45, 7) is 1.51. The van der Waals surface area contributed by atoms with Crippen LogP contribution in [0.2, 0.25) is 5.02 Å². The van der Waals surface area contributed by atoms with Crippen LogP contribution in [0, 0.1) is 0 Å². The van der Waals surface area contributed by atoms with Crippen molar-refractivity contribution in [3.05, 3.63) is 53.6 Å². The molecule has 0 saturated carbocycles. The highest BCUT2D eigenvalue weighted by molar-refractivity contribution is 6.33. The molecular formula is C20H17ClN4O. The van der Waals surface area contributed by atoms with Gasteiger partial charge in [0.2, 0.25) is 0 Å². The lowest BCUT2D eigenvalue weighted by Gasteiger charge is -2.14. The van der Waals surface area contributed by atoms with Gasteiger partial charge in [0.25, 0.3) is 0 Å². The molecule has 0 spiro atoms. The maximum Gasteiger partial charge on any atom is 0.198 e. The molecule has 1 aliphatic heterocycles. The van der Waals surface area contributed by atoms with E-state index in [0.29, 0.717) is 17.2 Å². The molecule has 0 N–H and O–H groups in total. The summed E-state index contributed by atoms with van der Waals surface area (Å²) < 4.78 is 7.96. The first-order valence-electron chi connectivity index (χ1n) is 8.79. The smallest absolute Gasteiger partial charge is 0.198 e. The van der Waals surface area contributed by atoms with E-state index >= 15 is 0 Å². The average molecular weight is 365 g/mol. The van der Waals surface area contributed by atoms with Gasteiger partial charge in [0.1, 0.15) is 5.82 Å². The van der Waals surface area contributed by atoms with Crippen LogP contribution >= 0.6 is 11.6 Å². The monoisotopic (exact) mass is 364 g/mol. The van der Waals surface area contributed by atoms with Crippen LogP contribution in [-0.2, 0) is 11.3 Å². The average Bonchev–Trinajstić information content (AvgIpc) is 3.29. The zero-order chi connectivity index (χ0) is 17.5. The Bertz CT molecular complexity index is 1100. The van der Waals surface area contributed by atoms with E-state index in [0.717, 1.165) is 47.5 Å². The van der Waals surface area contributed by atoms with Gasteiger partial charge in [-0.1, -0.05) is 35.9 Å². The first-order chi connectivity index (χ1) is 12.8. The lowest BCUT2D eigenvalue weighted by atomic mass is 10.2. The predicted molar refractivity (Wildman–Crippen MR) is 102 cm³/mol. The van der Waals surface area contributed by atoms with Crippen molar-refractivity contribution < 1.29 is 4.74 Å². The maximum absolute atomic E-state index is 6.45. The second-order valence-corrected chi connectivity index (χ2v) is 6.93. The molecule has 6 heteroatoms. The van der Waals surface area contributed by atoms with Gasteiger partial charge >= 0.3 is 0 Å². The zero-order valence-electron chi connectivity index (χ0n) is 14.1. The number of rotatable bonds is 3. The molecule has 0 radical (unpaired) electrons. The van der Waals surface area contributed by atoms with Gasteiger partial charge in [0.05, 0.1) is 28.7 Å². The SMILES string of the molecule is Clc1ccccc1-c1nc2nc3ccccc3nc2n1C[C@H]1CCCO1. The third-order valence-electron chi connectivity index (χ3n) is 4.78. The summed E-state index contributed by atoms with van der Waals surface area (Å²) >= 11 is 6.45. The topological polar surface area (TPSA) is 52.8 Å². The van der Waals surface area contributed by atoms with Crippen molar-refractivity contribution in [2.45, 2.75) is 25.5 Å². The van der Waals surface area contributed by atoms with Gasteiger partial charge in [-0.05, 0) is 37.1 Å². The standard InChI is InChI=1S/C20H17ClN4O/c21-15-8-2-1-7-14(15)19-24-18-20(25(19)12-13-6-5-11-26-13)23-17-10-4-3-9-16(17)22-18/h1-4,7-10,13H,5-6,11-12H2/t13-/m1/s1. The Morgan fingerprint density at radius 3 is 2.54 bits per heavy atom. The van der Waals surface area contributed by atoms with Gasteiger partial charge in [0.15, 0.2) is 11.3 Å². The van der Waals surface area contributed by atoms with Gasteiger partial charge in [-0.3, -0.25) is 0 Å². The Balaban J connectivity index is 1.76. The van der Waals surface area contributed by atoms with Crippen molar-refractivity contribution in [3.63, 3.8) is 0 Å². The number of aromatic nitrogens is 4.